The molecule has 1 saturated heterocycles. The monoisotopic (exact) mass is 271 g/mol. The van der Waals surface area contributed by atoms with Crippen LogP contribution in [0.25, 0.3) is 0 Å². The van der Waals surface area contributed by atoms with Crippen LogP contribution in [-0.2, 0) is 4.74 Å². The summed E-state index contributed by atoms with van der Waals surface area (Å²) in [5, 5.41) is 8.51. The number of hydrogen-bond acceptors (Lipinski definition) is 3. The van der Waals surface area contributed by atoms with Gasteiger partial charge in [0, 0.05) is 36.0 Å². The van der Waals surface area contributed by atoms with E-state index in [9.17, 15) is 0 Å². The van der Waals surface area contributed by atoms with Crippen LogP contribution in [0.1, 0.15) is 12.8 Å². The number of piperidine rings is 1. The quantitative estimate of drug-likeness (QED) is 0.609. The maximum atomic E-state index is 8.51. The fraction of sp³-hybridized carbons (Fsp3) is 1.00. The third-order valence-electron chi connectivity index (χ3n) is 1.83. The van der Waals surface area contributed by atoms with Gasteiger partial charge in [0.15, 0.2) is 0 Å². The number of nitrogens with zero attached hydrogens (tertiary/aromatic N) is 1. The Morgan fingerprint density at radius 3 is 2.64 bits per heavy atom. The van der Waals surface area contributed by atoms with Gasteiger partial charge < -0.3 is 9.84 Å². The van der Waals surface area contributed by atoms with E-state index in [1.807, 2.05) is 0 Å². The van der Waals surface area contributed by atoms with E-state index in [1.54, 1.807) is 0 Å². The molecule has 0 aliphatic carbocycles. The average Bonchev–Trinajstić information content (AvgIpc) is 2.04. The maximum absolute atomic E-state index is 8.51. The maximum Gasteiger partial charge on any atom is 0.0701 e. The second kappa shape index (κ2) is 5.29. The predicted octanol–water partition coefficient (Wildman–Crippen LogP) is 0.810. The summed E-state index contributed by atoms with van der Waals surface area (Å²) in [6.45, 7) is 2.85. The van der Waals surface area contributed by atoms with Crippen LogP contribution in [0, 0.1) is 0 Å². The van der Waals surface area contributed by atoms with Crippen LogP contribution in [0.3, 0.4) is 0 Å². The summed E-state index contributed by atoms with van der Waals surface area (Å²) in [6.07, 6.45) is 2.58. The van der Waals surface area contributed by atoms with Gasteiger partial charge in [-0.1, -0.05) is 0 Å². The van der Waals surface area contributed by atoms with Crippen molar-refractivity contribution in [2.45, 2.75) is 18.9 Å². The minimum absolute atomic E-state index is 0.143. The molecule has 1 fully saturated rings. The van der Waals surface area contributed by atoms with E-state index < -0.39 is 0 Å². The van der Waals surface area contributed by atoms with E-state index >= 15 is 0 Å². The summed E-state index contributed by atoms with van der Waals surface area (Å²) in [6, 6.07) is 0. The summed E-state index contributed by atoms with van der Waals surface area (Å²) in [4.78, 5) is 0. The zero-order chi connectivity index (χ0) is 8.10. The molecule has 1 aliphatic rings. The molecule has 1 rings (SSSR count). The predicted molar refractivity (Wildman–Crippen MR) is 51.7 cm³/mol. The van der Waals surface area contributed by atoms with Crippen LogP contribution in [0.15, 0.2) is 0 Å². The first-order chi connectivity index (χ1) is 5.33. The van der Waals surface area contributed by atoms with Crippen molar-refractivity contribution < 1.29 is 9.84 Å². The van der Waals surface area contributed by atoms with Crippen molar-refractivity contribution in [3.8, 4) is 0 Å². The molecule has 0 aromatic heterocycles. The van der Waals surface area contributed by atoms with E-state index in [0.29, 0.717) is 12.7 Å². The van der Waals surface area contributed by atoms with Crippen molar-refractivity contribution in [1.82, 2.24) is 3.11 Å². The number of halogens is 1. The van der Waals surface area contributed by atoms with Gasteiger partial charge in [-0.2, -0.15) is 0 Å². The van der Waals surface area contributed by atoms with Gasteiger partial charge in [-0.15, -0.1) is 0 Å². The van der Waals surface area contributed by atoms with Crippen LogP contribution in [0.4, 0.5) is 0 Å². The van der Waals surface area contributed by atoms with Gasteiger partial charge in [0.1, 0.15) is 0 Å². The van der Waals surface area contributed by atoms with Crippen LogP contribution in [-0.4, -0.2) is 40.6 Å². The Balaban J connectivity index is 2.07. The first-order valence-electron chi connectivity index (χ1n) is 3.96. The van der Waals surface area contributed by atoms with Crippen molar-refractivity contribution in [3.05, 3.63) is 0 Å². The third-order valence-corrected chi connectivity index (χ3v) is 2.80. The molecular weight excluding hydrogens is 257 g/mol. The molecule has 1 aliphatic heterocycles. The molecule has 0 atom stereocenters. The van der Waals surface area contributed by atoms with E-state index in [4.69, 9.17) is 9.84 Å². The van der Waals surface area contributed by atoms with Gasteiger partial charge in [0.25, 0.3) is 0 Å². The molecule has 0 amide bonds. The fourth-order valence-electron chi connectivity index (χ4n) is 1.21. The highest BCUT2D eigenvalue weighted by Gasteiger charge is 2.17. The fourth-order valence-corrected chi connectivity index (χ4v) is 1.77. The SMILES string of the molecule is OCCOC1CCN(I)CC1. The number of aliphatic hydroxyl groups excluding tert-OH is 1. The highest BCUT2D eigenvalue weighted by Crippen LogP contribution is 2.15. The Morgan fingerprint density at radius 2 is 2.09 bits per heavy atom. The molecule has 0 aromatic rings. The molecule has 1 heterocycles. The molecule has 4 heteroatoms. The molecule has 11 heavy (non-hydrogen) atoms. The first kappa shape index (κ1) is 9.70. The van der Waals surface area contributed by atoms with Gasteiger partial charge >= 0.3 is 0 Å². The lowest BCUT2D eigenvalue weighted by molar-refractivity contribution is 0.00594. The van der Waals surface area contributed by atoms with Crippen molar-refractivity contribution in [1.29, 1.82) is 0 Å². The van der Waals surface area contributed by atoms with Crippen LogP contribution >= 0.6 is 22.9 Å². The summed E-state index contributed by atoms with van der Waals surface area (Å²) in [7, 11) is 0. The van der Waals surface area contributed by atoms with Crippen molar-refractivity contribution in [3.63, 3.8) is 0 Å². The lowest BCUT2D eigenvalue weighted by Gasteiger charge is -2.27. The standard InChI is InChI=1S/C7H14INO2/c8-9-3-1-7(2-4-9)11-6-5-10/h7,10H,1-6H2. The minimum Gasteiger partial charge on any atom is -0.394 e. The molecule has 0 bridgehead atoms. The zero-order valence-corrected chi connectivity index (χ0v) is 8.66. The van der Waals surface area contributed by atoms with Crippen LogP contribution < -0.4 is 0 Å². The van der Waals surface area contributed by atoms with Crippen LogP contribution in [0.2, 0.25) is 0 Å². The lowest BCUT2D eigenvalue weighted by atomic mass is 10.1. The number of hydrogen-bond donors (Lipinski definition) is 1. The Hall–Kier alpha value is 0.610. The normalized spacial score (nSPS) is 22.4. The summed E-state index contributed by atoms with van der Waals surface area (Å²) >= 11 is 2.33. The molecule has 0 unspecified atom stereocenters. The van der Waals surface area contributed by atoms with Gasteiger partial charge in [-0.05, 0) is 12.8 Å². The smallest absolute Gasteiger partial charge is 0.0701 e. The Morgan fingerprint density at radius 1 is 1.45 bits per heavy atom. The molecule has 0 aromatic carbocycles. The second-order valence-electron chi connectivity index (χ2n) is 2.70. The molecule has 0 saturated carbocycles. The topological polar surface area (TPSA) is 32.7 Å². The Kier molecular flexibility index (Phi) is 4.66. The highest BCUT2D eigenvalue weighted by atomic mass is 127. The molecule has 66 valence electrons. The van der Waals surface area contributed by atoms with Gasteiger partial charge in [0.05, 0.1) is 19.3 Å². The zero-order valence-electron chi connectivity index (χ0n) is 6.50. The van der Waals surface area contributed by atoms with E-state index in [1.165, 1.54) is 0 Å². The molecular formula is C7H14INO2. The molecule has 0 spiro atoms. The molecule has 1 N–H and O–H groups in total. The number of ether oxygens (including phenoxy) is 1. The molecule has 3 nitrogen and oxygen atoms in total. The Labute approximate surface area is 81.2 Å². The van der Waals surface area contributed by atoms with Crippen molar-refractivity contribution >= 4 is 22.9 Å². The van der Waals surface area contributed by atoms with Crippen LogP contribution in [0.5, 0.6) is 0 Å². The third kappa shape index (κ3) is 3.68. The van der Waals surface area contributed by atoms with Crippen molar-refractivity contribution in [2.75, 3.05) is 26.3 Å². The lowest BCUT2D eigenvalue weighted by Crippen LogP contribution is -2.31. The minimum atomic E-state index is 0.143. The van der Waals surface area contributed by atoms with E-state index in [-0.39, 0.29) is 6.61 Å². The largest absolute Gasteiger partial charge is 0.394 e. The van der Waals surface area contributed by atoms with E-state index in [0.717, 1.165) is 25.9 Å². The van der Waals surface area contributed by atoms with Gasteiger partial charge in [-0.3, -0.25) is 0 Å². The van der Waals surface area contributed by atoms with Gasteiger partial charge in [0.2, 0.25) is 0 Å². The van der Waals surface area contributed by atoms with E-state index in [2.05, 4.69) is 26.0 Å². The summed E-state index contributed by atoms with van der Waals surface area (Å²) in [5.74, 6) is 0. The first-order valence-corrected chi connectivity index (χ1v) is 4.92. The van der Waals surface area contributed by atoms with Gasteiger partial charge in [-0.25, -0.2) is 3.11 Å². The summed E-state index contributed by atoms with van der Waals surface area (Å²) < 4.78 is 7.67. The van der Waals surface area contributed by atoms with Crippen molar-refractivity contribution in [2.24, 2.45) is 0 Å². The second-order valence-corrected chi connectivity index (χ2v) is 4.07. The average molecular weight is 271 g/mol. The number of aliphatic hydroxyl groups is 1. The number of rotatable bonds is 3. The highest BCUT2D eigenvalue weighted by molar-refractivity contribution is 14.1. The molecule has 0 radical (unpaired) electrons. The Bertz CT molecular complexity index is 102. The summed E-state index contributed by atoms with van der Waals surface area (Å²) in [5.41, 5.74) is 0.